The Labute approximate surface area is 119 Å². The molecular formula is C14H22N6. The van der Waals surface area contributed by atoms with Crippen LogP contribution in [0.5, 0.6) is 0 Å². The maximum absolute atomic E-state index is 5.77. The lowest BCUT2D eigenvalue weighted by Gasteiger charge is -2.22. The summed E-state index contributed by atoms with van der Waals surface area (Å²) in [6.45, 7) is 6.76. The van der Waals surface area contributed by atoms with Gasteiger partial charge in [0.25, 0.3) is 0 Å². The van der Waals surface area contributed by atoms with Crippen LogP contribution in [0.2, 0.25) is 0 Å². The Balaban J connectivity index is 2.00. The Bertz CT molecular complexity index is 597. The predicted octanol–water partition coefficient (Wildman–Crippen LogP) is 1.24. The minimum atomic E-state index is 0.543. The van der Waals surface area contributed by atoms with E-state index in [1.165, 1.54) is 0 Å². The molecule has 108 valence electrons. The molecule has 20 heavy (non-hydrogen) atoms. The molecule has 0 saturated carbocycles. The molecule has 0 bridgehead atoms. The molecule has 1 aliphatic rings. The van der Waals surface area contributed by atoms with Crippen molar-refractivity contribution in [3.05, 3.63) is 17.6 Å². The minimum absolute atomic E-state index is 0.543. The zero-order chi connectivity index (χ0) is 14.1. The third-order valence-corrected chi connectivity index (χ3v) is 4.11. The minimum Gasteiger partial charge on any atom is -0.330 e. The van der Waals surface area contributed by atoms with Crippen molar-refractivity contribution in [1.29, 1.82) is 0 Å². The third-order valence-electron chi connectivity index (χ3n) is 4.11. The fourth-order valence-corrected chi connectivity index (χ4v) is 2.85. The highest BCUT2D eigenvalue weighted by Gasteiger charge is 2.24. The fourth-order valence-electron chi connectivity index (χ4n) is 2.85. The maximum atomic E-state index is 5.77. The van der Waals surface area contributed by atoms with Gasteiger partial charge in [-0.15, -0.1) is 10.2 Å². The smallest absolute Gasteiger partial charge is 0.182 e. The largest absolute Gasteiger partial charge is 0.330 e. The molecule has 1 atom stereocenters. The van der Waals surface area contributed by atoms with Gasteiger partial charge in [0.1, 0.15) is 11.5 Å². The lowest BCUT2D eigenvalue weighted by Crippen LogP contribution is -2.26. The van der Waals surface area contributed by atoms with Crippen LogP contribution in [0.3, 0.4) is 0 Å². The van der Waals surface area contributed by atoms with E-state index in [1.54, 1.807) is 0 Å². The van der Waals surface area contributed by atoms with Crippen molar-refractivity contribution in [2.45, 2.75) is 46.2 Å². The molecule has 0 amide bonds. The van der Waals surface area contributed by atoms with Crippen LogP contribution in [0.4, 0.5) is 0 Å². The number of nitrogens with two attached hydrogens (primary N) is 1. The SMILES string of the molecule is CCc1cc(-c2nnc3n2CCC(CN)C3)n(CC)n1. The average Bonchev–Trinajstić information content (AvgIpc) is 3.09. The molecule has 0 fully saturated rings. The van der Waals surface area contributed by atoms with Gasteiger partial charge in [0.2, 0.25) is 0 Å². The molecule has 0 radical (unpaired) electrons. The molecule has 2 aromatic heterocycles. The summed E-state index contributed by atoms with van der Waals surface area (Å²) < 4.78 is 4.25. The van der Waals surface area contributed by atoms with E-state index < -0.39 is 0 Å². The van der Waals surface area contributed by atoms with Gasteiger partial charge in [0.05, 0.1) is 5.69 Å². The number of aromatic nitrogens is 5. The maximum Gasteiger partial charge on any atom is 0.182 e. The second-order valence-electron chi connectivity index (χ2n) is 5.38. The standard InChI is InChI=1S/C14H22N6/c1-3-11-8-12(20(4-2)18-11)14-17-16-13-7-10(9-15)5-6-19(13)14/h8,10H,3-7,9,15H2,1-2H3. The number of fused-ring (bicyclic) bond motifs is 1. The molecule has 0 aliphatic carbocycles. The summed E-state index contributed by atoms with van der Waals surface area (Å²) in [5.41, 5.74) is 7.96. The molecule has 6 nitrogen and oxygen atoms in total. The number of nitrogens with zero attached hydrogens (tertiary/aromatic N) is 5. The Kier molecular flexibility index (Phi) is 3.56. The second-order valence-corrected chi connectivity index (χ2v) is 5.38. The van der Waals surface area contributed by atoms with E-state index >= 15 is 0 Å². The van der Waals surface area contributed by atoms with Crippen LogP contribution in [0.25, 0.3) is 11.5 Å². The van der Waals surface area contributed by atoms with Crippen LogP contribution >= 0.6 is 0 Å². The topological polar surface area (TPSA) is 74.6 Å². The summed E-state index contributed by atoms with van der Waals surface area (Å²) in [6.07, 6.45) is 2.98. The lowest BCUT2D eigenvalue weighted by molar-refractivity contribution is 0.391. The van der Waals surface area contributed by atoms with Crippen LogP contribution in [-0.4, -0.2) is 31.1 Å². The van der Waals surface area contributed by atoms with Crippen LogP contribution in [-0.2, 0) is 25.9 Å². The van der Waals surface area contributed by atoms with Gasteiger partial charge in [-0.2, -0.15) is 5.10 Å². The monoisotopic (exact) mass is 274 g/mol. The van der Waals surface area contributed by atoms with Crippen molar-refractivity contribution in [3.63, 3.8) is 0 Å². The van der Waals surface area contributed by atoms with E-state index in [9.17, 15) is 0 Å². The molecule has 0 spiro atoms. The van der Waals surface area contributed by atoms with E-state index in [0.717, 1.165) is 61.9 Å². The Hall–Kier alpha value is -1.69. The third kappa shape index (κ3) is 2.14. The van der Waals surface area contributed by atoms with Gasteiger partial charge in [-0.05, 0) is 38.3 Å². The molecule has 2 aromatic rings. The highest BCUT2D eigenvalue weighted by molar-refractivity contribution is 5.51. The van der Waals surface area contributed by atoms with Gasteiger partial charge < -0.3 is 10.3 Å². The van der Waals surface area contributed by atoms with Crippen molar-refractivity contribution in [2.75, 3.05) is 6.54 Å². The normalized spacial score (nSPS) is 18.2. The van der Waals surface area contributed by atoms with Crippen LogP contribution < -0.4 is 5.73 Å². The fraction of sp³-hybridized carbons (Fsp3) is 0.643. The first-order valence-electron chi connectivity index (χ1n) is 7.46. The summed E-state index contributed by atoms with van der Waals surface area (Å²) in [4.78, 5) is 0. The number of hydrogen-bond donors (Lipinski definition) is 1. The Morgan fingerprint density at radius 3 is 2.90 bits per heavy atom. The summed E-state index contributed by atoms with van der Waals surface area (Å²) in [5, 5.41) is 13.4. The van der Waals surface area contributed by atoms with Crippen LogP contribution in [0.15, 0.2) is 6.07 Å². The van der Waals surface area contributed by atoms with Crippen molar-refractivity contribution in [1.82, 2.24) is 24.5 Å². The molecule has 3 rings (SSSR count). The van der Waals surface area contributed by atoms with Gasteiger partial charge in [0.15, 0.2) is 5.82 Å². The highest BCUT2D eigenvalue weighted by Crippen LogP contribution is 2.26. The molecule has 3 heterocycles. The number of hydrogen-bond acceptors (Lipinski definition) is 4. The Morgan fingerprint density at radius 2 is 2.20 bits per heavy atom. The van der Waals surface area contributed by atoms with E-state index in [2.05, 4.69) is 39.8 Å². The quantitative estimate of drug-likeness (QED) is 0.910. The lowest BCUT2D eigenvalue weighted by atomic mass is 9.98. The van der Waals surface area contributed by atoms with E-state index in [4.69, 9.17) is 5.73 Å². The van der Waals surface area contributed by atoms with E-state index in [-0.39, 0.29) is 0 Å². The average molecular weight is 274 g/mol. The summed E-state index contributed by atoms with van der Waals surface area (Å²) in [5.74, 6) is 2.55. The van der Waals surface area contributed by atoms with Gasteiger partial charge >= 0.3 is 0 Å². The first-order chi connectivity index (χ1) is 9.76. The molecule has 1 unspecified atom stereocenters. The summed E-state index contributed by atoms with van der Waals surface area (Å²) in [7, 11) is 0. The van der Waals surface area contributed by atoms with Crippen molar-refractivity contribution < 1.29 is 0 Å². The number of aryl methyl sites for hydroxylation is 2. The Morgan fingerprint density at radius 1 is 1.35 bits per heavy atom. The van der Waals surface area contributed by atoms with Crippen LogP contribution in [0, 0.1) is 5.92 Å². The van der Waals surface area contributed by atoms with Crippen molar-refractivity contribution in [3.8, 4) is 11.5 Å². The van der Waals surface area contributed by atoms with Gasteiger partial charge in [-0.25, -0.2) is 0 Å². The van der Waals surface area contributed by atoms with Gasteiger partial charge in [0, 0.05) is 19.5 Å². The van der Waals surface area contributed by atoms with Crippen molar-refractivity contribution in [2.24, 2.45) is 11.7 Å². The molecule has 2 N–H and O–H groups in total. The molecule has 6 heteroatoms. The number of rotatable bonds is 4. The second kappa shape index (κ2) is 5.36. The molecule has 0 aromatic carbocycles. The first-order valence-corrected chi connectivity index (χ1v) is 7.46. The molecule has 0 saturated heterocycles. The predicted molar refractivity (Wildman–Crippen MR) is 77.2 cm³/mol. The van der Waals surface area contributed by atoms with Gasteiger partial charge in [-0.3, -0.25) is 4.68 Å². The zero-order valence-corrected chi connectivity index (χ0v) is 12.2. The summed E-state index contributed by atoms with van der Waals surface area (Å²) in [6, 6.07) is 2.13. The molecule has 1 aliphatic heterocycles. The van der Waals surface area contributed by atoms with E-state index in [0.29, 0.717) is 5.92 Å². The summed E-state index contributed by atoms with van der Waals surface area (Å²) >= 11 is 0. The van der Waals surface area contributed by atoms with Crippen LogP contribution in [0.1, 0.15) is 31.8 Å². The first kappa shape index (κ1) is 13.3. The zero-order valence-electron chi connectivity index (χ0n) is 12.2. The van der Waals surface area contributed by atoms with Gasteiger partial charge in [-0.1, -0.05) is 6.92 Å². The molecular weight excluding hydrogens is 252 g/mol. The van der Waals surface area contributed by atoms with E-state index in [1.807, 2.05) is 4.68 Å². The highest BCUT2D eigenvalue weighted by atomic mass is 15.3. The van der Waals surface area contributed by atoms with Crippen molar-refractivity contribution >= 4 is 0 Å².